The van der Waals surface area contributed by atoms with Crippen LogP contribution >= 0.6 is 11.6 Å². The van der Waals surface area contributed by atoms with Gasteiger partial charge in [0.25, 0.3) is 0 Å². The van der Waals surface area contributed by atoms with Crippen LogP contribution in [0.15, 0.2) is 22.8 Å². The van der Waals surface area contributed by atoms with E-state index in [9.17, 15) is 0 Å². The summed E-state index contributed by atoms with van der Waals surface area (Å²) < 4.78 is 5.56. The van der Waals surface area contributed by atoms with Crippen molar-refractivity contribution in [1.29, 1.82) is 0 Å². The molecule has 0 aliphatic heterocycles. The van der Waals surface area contributed by atoms with Crippen LogP contribution in [0.3, 0.4) is 0 Å². The molecule has 0 radical (unpaired) electrons. The van der Waals surface area contributed by atoms with Crippen LogP contribution in [0, 0.1) is 6.92 Å². The number of hydrogen-bond donors (Lipinski definition) is 0. The zero-order valence-electron chi connectivity index (χ0n) is 9.52. The van der Waals surface area contributed by atoms with Crippen molar-refractivity contribution in [3.05, 3.63) is 34.5 Å². The minimum absolute atomic E-state index is 0.0871. The molecule has 0 amide bonds. The van der Waals surface area contributed by atoms with Gasteiger partial charge in [-0.15, -0.1) is 0 Å². The van der Waals surface area contributed by atoms with Crippen LogP contribution in [0.1, 0.15) is 31.9 Å². The summed E-state index contributed by atoms with van der Waals surface area (Å²) in [5.74, 6) is 0. The third-order valence-electron chi connectivity index (χ3n) is 2.68. The first-order chi connectivity index (χ1) is 6.91. The van der Waals surface area contributed by atoms with E-state index in [0.29, 0.717) is 0 Å². The van der Waals surface area contributed by atoms with Gasteiger partial charge in [-0.2, -0.15) is 0 Å². The zero-order valence-corrected chi connectivity index (χ0v) is 10.3. The molecular formula is C13H15ClO. The van der Waals surface area contributed by atoms with Gasteiger partial charge in [0.15, 0.2) is 5.58 Å². The summed E-state index contributed by atoms with van der Waals surface area (Å²) in [6.07, 6.45) is 1.82. The fourth-order valence-electron chi connectivity index (χ4n) is 1.74. The fourth-order valence-corrected chi connectivity index (χ4v) is 1.95. The van der Waals surface area contributed by atoms with Crippen molar-refractivity contribution < 1.29 is 4.42 Å². The van der Waals surface area contributed by atoms with E-state index < -0.39 is 0 Å². The van der Waals surface area contributed by atoms with Crippen molar-refractivity contribution in [3.63, 3.8) is 0 Å². The number of aryl methyl sites for hydroxylation is 1. The SMILES string of the molecule is Cc1ccc2c(C(C)(C)C)coc2c1Cl. The molecule has 2 rings (SSSR count). The minimum atomic E-state index is 0.0871. The van der Waals surface area contributed by atoms with Gasteiger partial charge >= 0.3 is 0 Å². The molecule has 0 unspecified atom stereocenters. The van der Waals surface area contributed by atoms with E-state index >= 15 is 0 Å². The highest BCUT2D eigenvalue weighted by Crippen LogP contribution is 2.36. The molecule has 0 aliphatic rings. The van der Waals surface area contributed by atoms with Crippen LogP contribution in [-0.4, -0.2) is 0 Å². The molecule has 1 aromatic heterocycles. The van der Waals surface area contributed by atoms with Crippen LogP contribution in [0.25, 0.3) is 11.0 Å². The minimum Gasteiger partial charge on any atom is -0.462 e. The number of rotatable bonds is 0. The average molecular weight is 223 g/mol. The van der Waals surface area contributed by atoms with Crippen LogP contribution in [0.5, 0.6) is 0 Å². The lowest BCUT2D eigenvalue weighted by molar-refractivity contribution is 0.557. The molecule has 1 aromatic carbocycles. The van der Waals surface area contributed by atoms with Crippen molar-refractivity contribution in [2.24, 2.45) is 0 Å². The van der Waals surface area contributed by atoms with E-state index in [2.05, 4.69) is 26.8 Å². The normalized spacial score (nSPS) is 12.3. The molecule has 0 fully saturated rings. The molecule has 1 heterocycles. The quantitative estimate of drug-likeness (QED) is 0.630. The second kappa shape index (κ2) is 3.28. The molecule has 0 bridgehead atoms. The fraction of sp³-hybridized carbons (Fsp3) is 0.385. The van der Waals surface area contributed by atoms with E-state index in [-0.39, 0.29) is 5.41 Å². The molecule has 0 N–H and O–H groups in total. The average Bonchev–Trinajstić information content (AvgIpc) is 2.54. The summed E-state index contributed by atoms with van der Waals surface area (Å²) in [7, 11) is 0. The van der Waals surface area contributed by atoms with Crippen LogP contribution in [0.2, 0.25) is 5.02 Å². The lowest BCUT2D eigenvalue weighted by Crippen LogP contribution is -2.09. The molecule has 2 heteroatoms. The topological polar surface area (TPSA) is 13.1 Å². The van der Waals surface area contributed by atoms with Gasteiger partial charge < -0.3 is 4.42 Å². The first kappa shape index (κ1) is 10.6. The Kier molecular flexibility index (Phi) is 2.31. The lowest BCUT2D eigenvalue weighted by atomic mass is 9.87. The van der Waals surface area contributed by atoms with Crippen molar-refractivity contribution in [1.82, 2.24) is 0 Å². The number of hydrogen-bond acceptors (Lipinski definition) is 1. The largest absolute Gasteiger partial charge is 0.462 e. The summed E-state index contributed by atoms with van der Waals surface area (Å²) in [4.78, 5) is 0. The Hall–Kier alpha value is -0.950. The second-order valence-electron chi connectivity index (χ2n) is 4.97. The highest BCUT2D eigenvalue weighted by molar-refractivity contribution is 6.35. The van der Waals surface area contributed by atoms with Gasteiger partial charge in [-0.1, -0.05) is 44.5 Å². The number of halogens is 1. The molecule has 0 atom stereocenters. The molecule has 1 nitrogen and oxygen atoms in total. The standard InChI is InChI=1S/C13H15ClO/c1-8-5-6-9-10(13(2,3)4)7-15-12(9)11(8)14/h5-7H,1-4H3. The Labute approximate surface area is 95.0 Å². The maximum atomic E-state index is 6.20. The summed E-state index contributed by atoms with van der Waals surface area (Å²) in [5, 5.41) is 1.85. The summed E-state index contributed by atoms with van der Waals surface area (Å²) in [6.45, 7) is 8.50. The van der Waals surface area contributed by atoms with Crippen molar-refractivity contribution in [3.8, 4) is 0 Å². The van der Waals surface area contributed by atoms with E-state index in [1.807, 2.05) is 19.3 Å². The molecule has 80 valence electrons. The Bertz CT molecular complexity index is 503. The summed E-state index contributed by atoms with van der Waals surface area (Å²) in [6, 6.07) is 4.12. The van der Waals surface area contributed by atoms with Gasteiger partial charge in [0.1, 0.15) is 0 Å². The van der Waals surface area contributed by atoms with E-state index in [4.69, 9.17) is 16.0 Å². The van der Waals surface area contributed by atoms with Crippen LogP contribution in [-0.2, 0) is 5.41 Å². The van der Waals surface area contributed by atoms with Gasteiger partial charge in [-0.3, -0.25) is 0 Å². The molecule has 0 saturated heterocycles. The summed E-state index contributed by atoms with van der Waals surface area (Å²) >= 11 is 6.20. The van der Waals surface area contributed by atoms with Crippen LogP contribution < -0.4 is 0 Å². The van der Waals surface area contributed by atoms with E-state index in [0.717, 1.165) is 21.6 Å². The molecule has 0 spiro atoms. The highest BCUT2D eigenvalue weighted by atomic mass is 35.5. The Morgan fingerprint density at radius 3 is 2.47 bits per heavy atom. The Morgan fingerprint density at radius 1 is 1.20 bits per heavy atom. The molecular weight excluding hydrogens is 208 g/mol. The number of benzene rings is 1. The predicted octanol–water partition coefficient (Wildman–Crippen LogP) is 4.69. The van der Waals surface area contributed by atoms with E-state index in [1.54, 1.807) is 0 Å². The summed E-state index contributed by atoms with van der Waals surface area (Å²) in [5.41, 5.74) is 3.16. The van der Waals surface area contributed by atoms with Gasteiger partial charge in [-0.25, -0.2) is 0 Å². The third-order valence-corrected chi connectivity index (χ3v) is 3.15. The van der Waals surface area contributed by atoms with Gasteiger partial charge in [-0.05, 0) is 17.9 Å². The van der Waals surface area contributed by atoms with Gasteiger partial charge in [0, 0.05) is 10.9 Å². The highest BCUT2D eigenvalue weighted by Gasteiger charge is 2.20. The van der Waals surface area contributed by atoms with E-state index in [1.165, 1.54) is 5.56 Å². The Morgan fingerprint density at radius 2 is 1.87 bits per heavy atom. The smallest absolute Gasteiger partial charge is 0.153 e. The first-order valence-electron chi connectivity index (χ1n) is 5.08. The third kappa shape index (κ3) is 1.65. The lowest BCUT2D eigenvalue weighted by Gasteiger charge is -2.16. The predicted molar refractivity (Wildman–Crippen MR) is 64.7 cm³/mol. The van der Waals surface area contributed by atoms with Crippen molar-refractivity contribution >= 4 is 22.6 Å². The second-order valence-corrected chi connectivity index (χ2v) is 5.35. The number of furan rings is 1. The van der Waals surface area contributed by atoms with Crippen molar-refractivity contribution in [2.45, 2.75) is 33.1 Å². The molecule has 0 aliphatic carbocycles. The first-order valence-corrected chi connectivity index (χ1v) is 5.46. The maximum absolute atomic E-state index is 6.20. The maximum Gasteiger partial charge on any atom is 0.153 e. The van der Waals surface area contributed by atoms with Gasteiger partial charge in [0.2, 0.25) is 0 Å². The zero-order chi connectivity index (χ0) is 11.2. The number of fused-ring (bicyclic) bond motifs is 1. The molecule has 2 aromatic rings. The molecule has 15 heavy (non-hydrogen) atoms. The van der Waals surface area contributed by atoms with Crippen molar-refractivity contribution in [2.75, 3.05) is 0 Å². The van der Waals surface area contributed by atoms with Crippen LogP contribution in [0.4, 0.5) is 0 Å². The molecule has 0 saturated carbocycles. The van der Waals surface area contributed by atoms with Gasteiger partial charge in [0.05, 0.1) is 11.3 Å². The Balaban J connectivity index is 2.78. The monoisotopic (exact) mass is 222 g/mol.